The normalized spacial score (nSPS) is 15.7. The summed E-state index contributed by atoms with van der Waals surface area (Å²) in [5, 5.41) is 3.91. The molecule has 0 saturated carbocycles. The Hall–Kier alpha value is -0.950. The van der Waals surface area contributed by atoms with Crippen LogP contribution < -0.4 is 11.1 Å². The van der Waals surface area contributed by atoms with Gasteiger partial charge in [-0.25, -0.2) is 4.98 Å². The number of rotatable bonds is 4. The van der Waals surface area contributed by atoms with E-state index in [1.54, 1.807) is 0 Å². The Morgan fingerprint density at radius 1 is 1.50 bits per heavy atom. The highest BCUT2D eigenvalue weighted by molar-refractivity contribution is 7.99. The zero-order valence-corrected chi connectivity index (χ0v) is 12.1. The second-order valence-electron chi connectivity index (χ2n) is 4.06. The lowest BCUT2D eigenvalue weighted by Gasteiger charge is -2.25. The van der Waals surface area contributed by atoms with E-state index >= 15 is 0 Å². The average Bonchev–Trinajstić information content (AvgIpc) is 2.78. The fourth-order valence-corrected chi connectivity index (χ4v) is 3.48. The van der Waals surface area contributed by atoms with Crippen molar-refractivity contribution in [2.75, 3.05) is 42.2 Å². The number of anilines is 2. The van der Waals surface area contributed by atoms with E-state index in [9.17, 15) is 4.79 Å². The zero-order chi connectivity index (χ0) is 13.0. The van der Waals surface area contributed by atoms with Gasteiger partial charge < -0.3 is 16.0 Å². The lowest BCUT2D eigenvalue weighted by Crippen LogP contribution is -2.37. The Labute approximate surface area is 115 Å². The Bertz CT molecular complexity index is 415. The van der Waals surface area contributed by atoms with Gasteiger partial charge in [0.25, 0.3) is 5.91 Å². The van der Waals surface area contributed by atoms with Crippen LogP contribution in [0.1, 0.15) is 23.0 Å². The Balaban J connectivity index is 2.06. The van der Waals surface area contributed by atoms with Crippen molar-refractivity contribution in [3.8, 4) is 0 Å². The van der Waals surface area contributed by atoms with Crippen molar-refractivity contribution >= 4 is 40.0 Å². The second-order valence-corrected chi connectivity index (χ2v) is 6.29. The van der Waals surface area contributed by atoms with Crippen LogP contribution in [0, 0.1) is 0 Å². The third kappa shape index (κ3) is 3.08. The number of aromatic nitrogens is 1. The van der Waals surface area contributed by atoms with Gasteiger partial charge >= 0.3 is 0 Å². The first-order chi connectivity index (χ1) is 8.72. The molecular formula is C11H18N4OS2. The van der Waals surface area contributed by atoms with Crippen LogP contribution in [0.15, 0.2) is 0 Å². The topological polar surface area (TPSA) is 71.2 Å². The molecule has 1 saturated heterocycles. The number of carbonyl (C=O) groups excluding carboxylic acids is 1. The molecule has 18 heavy (non-hydrogen) atoms. The van der Waals surface area contributed by atoms with Gasteiger partial charge in [0.2, 0.25) is 0 Å². The molecular weight excluding hydrogens is 268 g/mol. The number of hydrogen-bond acceptors (Lipinski definition) is 6. The summed E-state index contributed by atoms with van der Waals surface area (Å²) in [7, 11) is 0. The first kappa shape index (κ1) is 13.5. The second kappa shape index (κ2) is 6.29. The molecule has 100 valence electrons. The summed E-state index contributed by atoms with van der Waals surface area (Å²) < 4.78 is 0. The minimum atomic E-state index is 0.0230. The molecule has 0 radical (unpaired) electrons. The number of thiazole rings is 1. The molecule has 1 aromatic heterocycles. The van der Waals surface area contributed by atoms with E-state index in [-0.39, 0.29) is 5.91 Å². The standard InChI is InChI=1S/C11H18N4OS2/c1-2-3-13-11-14-9(12)8(18-11)10(16)15-4-6-17-7-5-15/h2-7,12H2,1H3,(H,13,14). The predicted molar refractivity (Wildman–Crippen MR) is 78.5 cm³/mol. The molecule has 0 unspecified atom stereocenters. The third-order valence-corrected chi connectivity index (χ3v) is 4.63. The van der Waals surface area contributed by atoms with Gasteiger partial charge in [-0.3, -0.25) is 4.79 Å². The maximum Gasteiger partial charge on any atom is 0.267 e. The quantitative estimate of drug-likeness (QED) is 0.882. The fourth-order valence-electron chi connectivity index (χ4n) is 1.70. The predicted octanol–water partition coefficient (Wildman–Crippen LogP) is 1.74. The highest BCUT2D eigenvalue weighted by Crippen LogP contribution is 2.27. The summed E-state index contributed by atoms with van der Waals surface area (Å²) in [6.07, 6.45) is 1.02. The number of nitrogens with one attached hydrogen (secondary N) is 1. The van der Waals surface area contributed by atoms with E-state index in [4.69, 9.17) is 5.73 Å². The summed E-state index contributed by atoms with van der Waals surface area (Å²) in [6.45, 7) is 4.54. The van der Waals surface area contributed by atoms with Gasteiger partial charge in [-0.1, -0.05) is 18.3 Å². The molecule has 2 rings (SSSR count). The van der Waals surface area contributed by atoms with Crippen LogP contribution in [0.3, 0.4) is 0 Å². The van der Waals surface area contributed by atoms with Crippen molar-refractivity contribution in [2.45, 2.75) is 13.3 Å². The van der Waals surface area contributed by atoms with Crippen LogP contribution in [0.5, 0.6) is 0 Å². The van der Waals surface area contributed by atoms with Gasteiger partial charge in [0.1, 0.15) is 10.7 Å². The van der Waals surface area contributed by atoms with Gasteiger partial charge in [0, 0.05) is 31.1 Å². The molecule has 0 aromatic carbocycles. The molecule has 0 bridgehead atoms. The van der Waals surface area contributed by atoms with Crippen LogP contribution >= 0.6 is 23.1 Å². The van der Waals surface area contributed by atoms with E-state index in [0.717, 1.165) is 42.7 Å². The molecule has 2 heterocycles. The number of nitrogens with zero attached hydrogens (tertiary/aromatic N) is 2. The van der Waals surface area contributed by atoms with Gasteiger partial charge in [0.05, 0.1) is 0 Å². The summed E-state index contributed by atoms with van der Waals surface area (Å²) >= 11 is 3.24. The van der Waals surface area contributed by atoms with Crippen molar-refractivity contribution in [1.82, 2.24) is 9.88 Å². The zero-order valence-electron chi connectivity index (χ0n) is 10.4. The third-order valence-electron chi connectivity index (χ3n) is 2.67. The lowest BCUT2D eigenvalue weighted by atomic mass is 10.4. The largest absolute Gasteiger partial charge is 0.382 e. The van der Waals surface area contributed by atoms with Crippen molar-refractivity contribution in [1.29, 1.82) is 0 Å². The average molecular weight is 286 g/mol. The Morgan fingerprint density at radius 2 is 2.22 bits per heavy atom. The molecule has 3 N–H and O–H groups in total. The van der Waals surface area contributed by atoms with E-state index in [1.807, 2.05) is 16.7 Å². The Morgan fingerprint density at radius 3 is 2.89 bits per heavy atom. The van der Waals surface area contributed by atoms with Crippen LogP contribution in [-0.4, -0.2) is 46.9 Å². The van der Waals surface area contributed by atoms with Crippen LogP contribution in [0.4, 0.5) is 10.9 Å². The van der Waals surface area contributed by atoms with Crippen molar-refractivity contribution < 1.29 is 4.79 Å². The Kier molecular flexibility index (Phi) is 4.71. The molecule has 0 aliphatic carbocycles. The minimum absolute atomic E-state index is 0.0230. The SMILES string of the molecule is CCCNc1nc(N)c(C(=O)N2CCSCC2)s1. The number of amides is 1. The smallest absolute Gasteiger partial charge is 0.267 e. The van der Waals surface area contributed by atoms with Crippen LogP contribution in [-0.2, 0) is 0 Å². The maximum atomic E-state index is 12.3. The molecule has 1 aliphatic rings. The number of nitrogen functional groups attached to an aromatic ring is 1. The number of carbonyl (C=O) groups is 1. The summed E-state index contributed by atoms with van der Waals surface area (Å²) in [5.74, 6) is 2.38. The van der Waals surface area contributed by atoms with Gasteiger partial charge in [0.15, 0.2) is 5.13 Å². The van der Waals surface area contributed by atoms with Crippen LogP contribution in [0.2, 0.25) is 0 Å². The van der Waals surface area contributed by atoms with E-state index < -0.39 is 0 Å². The molecule has 0 atom stereocenters. The van der Waals surface area contributed by atoms with E-state index in [2.05, 4.69) is 17.2 Å². The molecule has 7 heteroatoms. The van der Waals surface area contributed by atoms with E-state index in [0.29, 0.717) is 10.7 Å². The molecule has 1 aromatic rings. The molecule has 1 amide bonds. The fraction of sp³-hybridized carbons (Fsp3) is 0.636. The summed E-state index contributed by atoms with van der Waals surface area (Å²) in [4.78, 5) is 18.9. The first-order valence-corrected chi connectivity index (χ1v) is 8.06. The molecule has 1 aliphatic heterocycles. The van der Waals surface area contributed by atoms with Crippen molar-refractivity contribution in [3.05, 3.63) is 4.88 Å². The van der Waals surface area contributed by atoms with Gasteiger partial charge in [-0.2, -0.15) is 11.8 Å². The van der Waals surface area contributed by atoms with Gasteiger partial charge in [-0.15, -0.1) is 0 Å². The highest BCUT2D eigenvalue weighted by Gasteiger charge is 2.23. The summed E-state index contributed by atoms with van der Waals surface area (Å²) in [6, 6.07) is 0. The molecule has 5 nitrogen and oxygen atoms in total. The first-order valence-electron chi connectivity index (χ1n) is 6.09. The molecule has 0 spiro atoms. The number of thioether (sulfide) groups is 1. The van der Waals surface area contributed by atoms with Gasteiger partial charge in [-0.05, 0) is 6.42 Å². The molecule has 1 fully saturated rings. The lowest BCUT2D eigenvalue weighted by molar-refractivity contribution is 0.0778. The number of hydrogen-bond donors (Lipinski definition) is 2. The monoisotopic (exact) mass is 286 g/mol. The summed E-state index contributed by atoms with van der Waals surface area (Å²) in [5.41, 5.74) is 5.83. The maximum absolute atomic E-state index is 12.3. The van der Waals surface area contributed by atoms with Crippen molar-refractivity contribution in [3.63, 3.8) is 0 Å². The highest BCUT2D eigenvalue weighted by atomic mass is 32.2. The number of nitrogens with two attached hydrogens (primary N) is 1. The van der Waals surface area contributed by atoms with E-state index in [1.165, 1.54) is 11.3 Å². The van der Waals surface area contributed by atoms with Crippen LogP contribution in [0.25, 0.3) is 0 Å². The minimum Gasteiger partial charge on any atom is -0.382 e. The van der Waals surface area contributed by atoms with Crippen molar-refractivity contribution in [2.24, 2.45) is 0 Å².